The summed E-state index contributed by atoms with van der Waals surface area (Å²) >= 11 is 0. The summed E-state index contributed by atoms with van der Waals surface area (Å²) in [6.45, 7) is 7.86. The monoisotopic (exact) mass is 276 g/mol. The van der Waals surface area contributed by atoms with Crippen LogP contribution >= 0.6 is 0 Å². The molecule has 0 radical (unpaired) electrons. The van der Waals surface area contributed by atoms with Crippen LogP contribution < -0.4 is 10.6 Å². The van der Waals surface area contributed by atoms with Crippen LogP contribution in [0.4, 0.5) is 0 Å². The minimum atomic E-state index is -0.136. The Morgan fingerprint density at radius 3 is 2.50 bits per heavy atom. The van der Waals surface area contributed by atoms with Gasteiger partial charge in [-0.25, -0.2) is 0 Å². The van der Waals surface area contributed by atoms with Crippen LogP contribution in [0.15, 0.2) is 30.3 Å². The first-order valence-electron chi connectivity index (χ1n) is 7.71. The number of nitrogens with one attached hydrogen (secondary N) is 2. The van der Waals surface area contributed by atoms with E-state index >= 15 is 0 Å². The molecule has 0 heterocycles. The third-order valence-corrected chi connectivity index (χ3v) is 3.57. The molecule has 2 N–H and O–H groups in total. The summed E-state index contributed by atoms with van der Waals surface area (Å²) in [5.41, 5.74) is 1.30. The van der Waals surface area contributed by atoms with Gasteiger partial charge in [0.2, 0.25) is 5.91 Å². The fraction of sp³-hybridized carbons (Fsp3) is 0.588. The van der Waals surface area contributed by atoms with Crippen molar-refractivity contribution in [2.45, 2.75) is 52.0 Å². The zero-order valence-corrected chi connectivity index (χ0v) is 13.0. The van der Waals surface area contributed by atoms with E-state index in [0.717, 1.165) is 19.5 Å². The van der Waals surface area contributed by atoms with Crippen LogP contribution in [-0.4, -0.2) is 25.0 Å². The number of benzene rings is 1. The lowest BCUT2D eigenvalue weighted by atomic mass is 10.0. The Morgan fingerprint density at radius 2 is 1.85 bits per heavy atom. The third-order valence-electron chi connectivity index (χ3n) is 3.57. The highest BCUT2D eigenvalue weighted by Crippen LogP contribution is 2.13. The van der Waals surface area contributed by atoms with Gasteiger partial charge in [0.25, 0.3) is 0 Å². The van der Waals surface area contributed by atoms with E-state index in [2.05, 4.69) is 48.7 Å². The highest BCUT2D eigenvalue weighted by molar-refractivity contribution is 5.81. The van der Waals surface area contributed by atoms with E-state index < -0.39 is 0 Å². The van der Waals surface area contributed by atoms with Crippen molar-refractivity contribution >= 4 is 5.91 Å². The molecule has 2 unspecified atom stereocenters. The van der Waals surface area contributed by atoms with Crippen LogP contribution in [0, 0.1) is 0 Å². The smallest absolute Gasteiger partial charge is 0.236 e. The lowest BCUT2D eigenvalue weighted by molar-refractivity contribution is -0.122. The number of unbranched alkanes of at least 4 members (excludes halogenated alkanes) is 2. The van der Waals surface area contributed by atoms with E-state index in [1.165, 1.54) is 18.4 Å². The molecule has 0 fully saturated rings. The van der Waals surface area contributed by atoms with Gasteiger partial charge in [-0.1, -0.05) is 57.0 Å². The second-order valence-electron chi connectivity index (χ2n) is 5.44. The van der Waals surface area contributed by atoms with Crippen molar-refractivity contribution < 1.29 is 4.79 Å². The van der Waals surface area contributed by atoms with Crippen LogP contribution in [0.5, 0.6) is 0 Å². The van der Waals surface area contributed by atoms with Crippen LogP contribution in [0.3, 0.4) is 0 Å². The molecule has 0 aliphatic rings. The molecule has 112 valence electrons. The van der Waals surface area contributed by atoms with E-state index in [9.17, 15) is 4.79 Å². The Labute approximate surface area is 123 Å². The highest BCUT2D eigenvalue weighted by Gasteiger charge is 2.13. The molecular formula is C17H28N2O. The predicted molar refractivity (Wildman–Crippen MR) is 84.9 cm³/mol. The van der Waals surface area contributed by atoms with E-state index in [-0.39, 0.29) is 11.9 Å². The van der Waals surface area contributed by atoms with Crippen LogP contribution in [0.1, 0.15) is 51.5 Å². The molecule has 1 aromatic carbocycles. The fourth-order valence-corrected chi connectivity index (χ4v) is 2.09. The molecular weight excluding hydrogens is 248 g/mol. The second kappa shape index (κ2) is 9.54. The Balaban J connectivity index is 2.25. The van der Waals surface area contributed by atoms with Gasteiger partial charge in [0.15, 0.2) is 0 Å². The summed E-state index contributed by atoms with van der Waals surface area (Å²) in [4.78, 5) is 11.9. The summed E-state index contributed by atoms with van der Waals surface area (Å²) in [7, 11) is 0. The van der Waals surface area contributed by atoms with E-state index in [0.29, 0.717) is 5.92 Å². The average Bonchev–Trinajstić information content (AvgIpc) is 2.49. The summed E-state index contributed by atoms with van der Waals surface area (Å²) < 4.78 is 0. The maximum atomic E-state index is 11.9. The summed E-state index contributed by atoms with van der Waals surface area (Å²) in [6.07, 6.45) is 3.42. The normalized spacial score (nSPS) is 13.8. The van der Waals surface area contributed by atoms with Crippen molar-refractivity contribution in [3.63, 3.8) is 0 Å². The average molecular weight is 276 g/mol. The number of carbonyl (C=O) groups excluding carboxylic acids is 1. The van der Waals surface area contributed by atoms with E-state index in [1.807, 2.05) is 13.0 Å². The number of hydrogen-bond donors (Lipinski definition) is 2. The lowest BCUT2D eigenvalue weighted by Gasteiger charge is -2.18. The molecule has 0 aromatic heterocycles. The number of amides is 1. The topological polar surface area (TPSA) is 41.1 Å². The molecule has 0 aliphatic carbocycles. The molecule has 0 aliphatic heterocycles. The number of rotatable bonds is 9. The zero-order valence-electron chi connectivity index (χ0n) is 13.0. The summed E-state index contributed by atoms with van der Waals surface area (Å²) in [5.74, 6) is 0.507. The molecule has 3 heteroatoms. The molecule has 0 spiro atoms. The van der Waals surface area contributed by atoms with Crippen molar-refractivity contribution in [2.75, 3.05) is 13.1 Å². The van der Waals surface area contributed by atoms with Gasteiger partial charge in [-0.15, -0.1) is 0 Å². The van der Waals surface area contributed by atoms with Gasteiger partial charge in [-0.05, 0) is 24.8 Å². The highest BCUT2D eigenvalue weighted by atomic mass is 16.2. The predicted octanol–water partition coefficient (Wildman–Crippen LogP) is 3.07. The first kappa shape index (κ1) is 16.7. The van der Waals surface area contributed by atoms with Crippen molar-refractivity contribution in [3.05, 3.63) is 35.9 Å². The minimum absolute atomic E-state index is 0.0985. The SMILES string of the molecule is CCCCCNC(=O)C(C)NCC(C)c1ccccc1. The van der Waals surface area contributed by atoms with Gasteiger partial charge in [0.1, 0.15) is 0 Å². The molecule has 20 heavy (non-hydrogen) atoms. The maximum absolute atomic E-state index is 11.9. The largest absolute Gasteiger partial charge is 0.355 e. The molecule has 1 aromatic rings. The molecule has 0 saturated heterocycles. The van der Waals surface area contributed by atoms with Gasteiger partial charge in [-0.3, -0.25) is 4.79 Å². The number of hydrogen-bond acceptors (Lipinski definition) is 2. The zero-order chi connectivity index (χ0) is 14.8. The quantitative estimate of drug-likeness (QED) is 0.681. The molecule has 1 rings (SSSR count). The van der Waals surface area contributed by atoms with Gasteiger partial charge in [0.05, 0.1) is 6.04 Å². The first-order chi connectivity index (χ1) is 9.65. The number of carbonyl (C=O) groups is 1. The van der Waals surface area contributed by atoms with Crippen LogP contribution in [0.2, 0.25) is 0 Å². The van der Waals surface area contributed by atoms with Crippen LogP contribution in [-0.2, 0) is 4.79 Å². The van der Waals surface area contributed by atoms with Gasteiger partial charge < -0.3 is 10.6 Å². The minimum Gasteiger partial charge on any atom is -0.355 e. The van der Waals surface area contributed by atoms with Crippen molar-refractivity contribution in [1.29, 1.82) is 0 Å². The Kier molecular flexibility index (Phi) is 7.97. The first-order valence-corrected chi connectivity index (χ1v) is 7.71. The maximum Gasteiger partial charge on any atom is 0.236 e. The molecule has 0 bridgehead atoms. The molecule has 1 amide bonds. The Bertz CT molecular complexity index is 378. The van der Waals surface area contributed by atoms with E-state index in [1.54, 1.807) is 0 Å². The summed E-state index contributed by atoms with van der Waals surface area (Å²) in [5, 5.41) is 6.29. The third kappa shape index (κ3) is 6.20. The molecule has 2 atom stereocenters. The van der Waals surface area contributed by atoms with Gasteiger partial charge in [0, 0.05) is 13.1 Å². The van der Waals surface area contributed by atoms with Gasteiger partial charge in [-0.2, -0.15) is 0 Å². The van der Waals surface area contributed by atoms with Crippen molar-refractivity contribution in [2.24, 2.45) is 0 Å². The fourth-order valence-electron chi connectivity index (χ4n) is 2.09. The van der Waals surface area contributed by atoms with Crippen molar-refractivity contribution in [3.8, 4) is 0 Å². The molecule has 0 saturated carbocycles. The molecule has 3 nitrogen and oxygen atoms in total. The lowest BCUT2D eigenvalue weighted by Crippen LogP contribution is -2.43. The standard InChI is InChI=1S/C17H28N2O/c1-4-5-9-12-18-17(20)15(3)19-13-14(2)16-10-7-6-8-11-16/h6-8,10-11,14-15,19H,4-5,9,12-13H2,1-3H3,(H,18,20). The van der Waals surface area contributed by atoms with Crippen molar-refractivity contribution in [1.82, 2.24) is 10.6 Å². The summed E-state index contributed by atoms with van der Waals surface area (Å²) in [6, 6.07) is 10.2. The Hall–Kier alpha value is -1.35. The second-order valence-corrected chi connectivity index (χ2v) is 5.44. The van der Waals surface area contributed by atoms with Crippen LogP contribution in [0.25, 0.3) is 0 Å². The Morgan fingerprint density at radius 1 is 1.15 bits per heavy atom. The van der Waals surface area contributed by atoms with E-state index in [4.69, 9.17) is 0 Å². The van der Waals surface area contributed by atoms with Gasteiger partial charge >= 0.3 is 0 Å².